The van der Waals surface area contributed by atoms with Crippen LogP contribution in [0, 0.1) is 13.8 Å². The lowest BCUT2D eigenvalue weighted by atomic mass is 10.1. The molecule has 1 N–H and O–H groups in total. The third-order valence-electron chi connectivity index (χ3n) is 3.79. The molecule has 0 aliphatic carbocycles. The van der Waals surface area contributed by atoms with E-state index in [1.165, 1.54) is 6.07 Å². The van der Waals surface area contributed by atoms with Crippen LogP contribution in [0.1, 0.15) is 24.2 Å². The van der Waals surface area contributed by atoms with Gasteiger partial charge in [0.1, 0.15) is 6.04 Å². The predicted octanol–water partition coefficient (Wildman–Crippen LogP) is 2.71. The zero-order valence-electron chi connectivity index (χ0n) is 14.2. The number of anilines is 1. The van der Waals surface area contributed by atoms with Gasteiger partial charge in [-0.25, -0.2) is 4.68 Å². The van der Waals surface area contributed by atoms with Gasteiger partial charge in [0.2, 0.25) is 5.88 Å². The largest absolute Gasteiger partial charge is 0.338 e. The van der Waals surface area contributed by atoms with Crippen LogP contribution >= 0.6 is 0 Å². The zero-order valence-corrected chi connectivity index (χ0v) is 14.2. The van der Waals surface area contributed by atoms with E-state index >= 15 is 0 Å². The Labute approximate surface area is 144 Å². The predicted molar refractivity (Wildman–Crippen MR) is 93.3 cm³/mol. The molecule has 0 radical (unpaired) electrons. The summed E-state index contributed by atoms with van der Waals surface area (Å²) >= 11 is 0. The fourth-order valence-corrected chi connectivity index (χ4v) is 2.34. The number of carbonyl (C=O) groups excluding carboxylic acids is 1. The van der Waals surface area contributed by atoms with Gasteiger partial charge in [-0.1, -0.05) is 35.0 Å². The number of carbonyl (C=O) groups is 1. The summed E-state index contributed by atoms with van der Waals surface area (Å²) in [6.07, 6.45) is 0. The van der Waals surface area contributed by atoms with Crippen molar-refractivity contribution in [3.63, 3.8) is 0 Å². The lowest BCUT2D eigenvalue weighted by Crippen LogP contribution is -2.33. The summed E-state index contributed by atoms with van der Waals surface area (Å²) in [4.78, 5) is 24.5. The van der Waals surface area contributed by atoms with Gasteiger partial charge in [0.25, 0.3) is 11.5 Å². The Balaban J connectivity index is 1.87. The van der Waals surface area contributed by atoms with Crippen LogP contribution in [0.25, 0.3) is 11.3 Å². The summed E-state index contributed by atoms with van der Waals surface area (Å²) < 4.78 is 6.13. The number of hydrogen-bond acceptors (Lipinski definition) is 5. The first-order chi connectivity index (χ1) is 11.9. The molecule has 1 amide bonds. The Kier molecular flexibility index (Phi) is 4.47. The SMILES string of the molecule is Cc1ccc(-c2ccc(=O)n(C(C)C(=O)Nc3cc(C)no3)n2)cc1. The zero-order chi connectivity index (χ0) is 18.0. The molecule has 0 fully saturated rings. The number of amides is 1. The highest BCUT2D eigenvalue weighted by Gasteiger charge is 2.19. The Morgan fingerprint density at radius 1 is 1.16 bits per heavy atom. The van der Waals surface area contributed by atoms with Gasteiger partial charge in [-0.3, -0.25) is 14.9 Å². The van der Waals surface area contributed by atoms with Gasteiger partial charge in [-0.05, 0) is 26.8 Å². The van der Waals surface area contributed by atoms with Crippen molar-refractivity contribution in [2.24, 2.45) is 0 Å². The summed E-state index contributed by atoms with van der Waals surface area (Å²) in [5, 5.41) is 10.6. The molecule has 128 valence electrons. The summed E-state index contributed by atoms with van der Waals surface area (Å²) in [6.45, 7) is 5.35. The van der Waals surface area contributed by atoms with E-state index in [1.54, 1.807) is 26.0 Å². The normalized spacial score (nSPS) is 12.0. The first-order valence-electron chi connectivity index (χ1n) is 7.85. The Morgan fingerprint density at radius 3 is 2.52 bits per heavy atom. The third-order valence-corrected chi connectivity index (χ3v) is 3.79. The molecule has 0 spiro atoms. The number of nitrogens with zero attached hydrogens (tertiary/aromatic N) is 3. The monoisotopic (exact) mass is 338 g/mol. The molecule has 7 nitrogen and oxygen atoms in total. The molecule has 3 aromatic rings. The molecule has 3 rings (SSSR count). The van der Waals surface area contributed by atoms with Gasteiger partial charge < -0.3 is 4.52 Å². The van der Waals surface area contributed by atoms with E-state index in [4.69, 9.17) is 4.52 Å². The van der Waals surface area contributed by atoms with Crippen LogP contribution in [0.5, 0.6) is 0 Å². The Hall–Kier alpha value is -3.22. The van der Waals surface area contributed by atoms with Gasteiger partial charge in [-0.2, -0.15) is 5.10 Å². The molecule has 2 heterocycles. The number of benzene rings is 1. The molecular formula is C18H18N4O3. The number of aryl methyl sites for hydroxylation is 2. The number of nitrogens with one attached hydrogen (secondary N) is 1. The molecule has 0 aliphatic rings. The second-order valence-corrected chi connectivity index (χ2v) is 5.87. The summed E-state index contributed by atoms with van der Waals surface area (Å²) in [5.41, 5.74) is 2.92. The summed E-state index contributed by atoms with van der Waals surface area (Å²) in [7, 11) is 0. The molecule has 0 saturated heterocycles. The smallest absolute Gasteiger partial charge is 0.267 e. The van der Waals surface area contributed by atoms with Crippen LogP contribution in [0.2, 0.25) is 0 Å². The van der Waals surface area contributed by atoms with Crippen LogP contribution < -0.4 is 10.9 Å². The van der Waals surface area contributed by atoms with Crippen LogP contribution in [0.4, 0.5) is 5.88 Å². The summed E-state index contributed by atoms with van der Waals surface area (Å²) in [6, 6.07) is 11.6. The first-order valence-corrected chi connectivity index (χ1v) is 7.85. The molecule has 0 aliphatic heterocycles. The first kappa shape index (κ1) is 16.6. The second kappa shape index (κ2) is 6.72. The minimum atomic E-state index is -0.802. The fraction of sp³-hybridized carbons (Fsp3) is 0.222. The molecular weight excluding hydrogens is 320 g/mol. The van der Waals surface area contributed by atoms with Crippen molar-refractivity contribution < 1.29 is 9.32 Å². The van der Waals surface area contributed by atoms with Crippen LogP contribution in [-0.2, 0) is 4.79 Å². The lowest BCUT2D eigenvalue weighted by Gasteiger charge is -2.14. The molecule has 0 saturated carbocycles. The average molecular weight is 338 g/mol. The maximum absolute atomic E-state index is 12.4. The maximum Gasteiger partial charge on any atom is 0.267 e. The molecule has 1 aromatic carbocycles. The standard InChI is InChI=1S/C18H18N4O3/c1-11-4-6-14(7-5-11)15-8-9-17(23)22(20-15)13(3)18(24)19-16-10-12(2)21-25-16/h4-10,13H,1-3H3,(H,19,24). The molecule has 1 atom stereocenters. The van der Waals surface area contributed by atoms with E-state index in [-0.39, 0.29) is 11.4 Å². The highest BCUT2D eigenvalue weighted by Crippen LogP contribution is 2.17. The molecule has 0 bridgehead atoms. The van der Waals surface area contributed by atoms with Gasteiger partial charge in [0.05, 0.1) is 11.4 Å². The van der Waals surface area contributed by atoms with E-state index in [1.807, 2.05) is 31.2 Å². The van der Waals surface area contributed by atoms with Crippen molar-refractivity contribution in [3.05, 3.63) is 64.1 Å². The fourth-order valence-electron chi connectivity index (χ4n) is 2.34. The van der Waals surface area contributed by atoms with Crippen molar-refractivity contribution in [2.45, 2.75) is 26.8 Å². The van der Waals surface area contributed by atoms with Gasteiger partial charge in [-0.15, -0.1) is 0 Å². The molecule has 25 heavy (non-hydrogen) atoms. The average Bonchev–Trinajstić information content (AvgIpc) is 3.00. The van der Waals surface area contributed by atoms with E-state index in [0.29, 0.717) is 11.4 Å². The molecule has 7 heteroatoms. The Morgan fingerprint density at radius 2 is 1.88 bits per heavy atom. The molecule has 2 aromatic heterocycles. The van der Waals surface area contributed by atoms with E-state index < -0.39 is 11.9 Å². The quantitative estimate of drug-likeness (QED) is 0.790. The topological polar surface area (TPSA) is 90.0 Å². The van der Waals surface area contributed by atoms with Crippen molar-refractivity contribution in [1.29, 1.82) is 0 Å². The number of hydrogen-bond donors (Lipinski definition) is 1. The number of rotatable bonds is 4. The van der Waals surface area contributed by atoms with Crippen molar-refractivity contribution in [3.8, 4) is 11.3 Å². The van der Waals surface area contributed by atoms with Gasteiger partial charge >= 0.3 is 0 Å². The minimum Gasteiger partial charge on any atom is -0.338 e. The highest BCUT2D eigenvalue weighted by molar-refractivity contribution is 5.92. The summed E-state index contributed by atoms with van der Waals surface area (Å²) in [5.74, 6) is -0.177. The van der Waals surface area contributed by atoms with E-state index in [2.05, 4.69) is 15.6 Å². The van der Waals surface area contributed by atoms with Crippen LogP contribution in [0.15, 0.2) is 51.8 Å². The lowest BCUT2D eigenvalue weighted by molar-refractivity contribution is -0.119. The van der Waals surface area contributed by atoms with Crippen molar-refractivity contribution >= 4 is 11.8 Å². The van der Waals surface area contributed by atoms with E-state index in [9.17, 15) is 9.59 Å². The highest BCUT2D eigenvalue weighted by atomic mass is 16.5. The number of aromatic nitrogens is 3. The molecule has 1 unspecified atom stereocenters. The van der Waals surface area contributed by atoms with Crippen molar-refractivity contribution in [2.75, 3.05) is 5.32 Å². The maximum atomic E-state index is 12.4. The Bertz CT molecular complexity index is 957. The van der Waals surface area contributed by atoms with Gasteiger partial charge in [0, 0.05) is 17.7 Å². The van der Waals surface area contributed by atoms with Crippen LogP contribution in [-0.4, -0.2) is 20.8 Å². The van der Waals surface area contributed by atoms with E-state index in [0.717, 1.165) is 15.8 Å². The second-order valence-electron chi connectivity index (χ2n) is 5.87. The van der Waals surface area contributed by atoms with Crippen LogP contribution in [0.3, 0.4) is 0 Å². The third kappa shape index (κ3) is 3.65. The van der Waals surface area contributed by atoms with Gasteiger partial charge in [0.15, 0.2) is 0 Å². The van der Waals surface area contributed by atoms with Crippen molar-refractivity contribution in [1.82, 2.24) is 14.9 Å². The minimum absolute atomic E-state index is 0.233.